The fraction of sp³-hybridized carbons (Fsp3) is 0. The van der Waals surface area contributed by atoms with Gasteiger partial charge in [0.05, 0.1) is 22.6 Å². The van der Waals surface area contributed by atoms with Crippen molar-refractivity contribution in [3.8, 4) is 5.69 Å². The number of rotatable bonds is 3. The molecule has 0 radical (unpaired) electrons. The van der Waals surface area contributed by atoms with Gasteiger partial charge in [0.25, 0.3) is 5.91 Å². The number of imidazole rings is 1. The van der Waals surface area contributed by atoms with E-state index in [0.29, 0.717) is 21.0 Å². The molecular weight excluding hydrogens is 304 g/mol. The van der Waals surface area contributed by atoms with E-state index < -0.39 is 0 Å². The lowest BCUT2D eigenvalue weighted by Crippen LogP contribution is -2.25. The van der Waals surface area contributed by atoms with Gasteiger partial charge in [-0.2, -0.15) is 4.73 Å². The van der Waals surface area contributed by atoms with Gasteiger partial charge in [-0.05, 0) is 18.2 Å². The first kappa shape index (κ1) is 14.1. The summed E-state index contributed by atoms with van der Waals surface area (Å²) in [7, 11) is 0. The Balaban J connectivity index is 1.80. The molecule has 22 heavy (non-hydrogen) atoms. The van der Waals surface area contributed by atoms with Gasteiger partial charge in [0.2, 0.25) is 0 Å². The molecule has 0 aliphatic carbocycles. The molecule has 3 rings (SSSR count). The molecule has 2 aromatic heterocycles. The lowest BCUT2D eigenvalue weighted by atomic mass is 10.2. The van der Waals surface area contributed by atoms with Crippen molar-refractivity contribution in [2.24, 2.45) is 0 Å². The molecule has 0 saturated carbocycles. The van der Waals surface area contributed by atoms with E-state index in [1.165, 1.54) is 24.5 Å². The van der Waals surface area contributed by atoms with E-state index in [-0.39, 0.29) is 5.91 Å². The first-order chi connectivity index (χ1) is 10.6. The predicted octanol–water partition coefficient (Wildman–Crippen LogP) is 2.41. The van der Waals surface area contributed by atoms with Crippen LogP contribution in [0.3, 0.4) is 0 Å². The van der Waals surface area contributed by atoms with Gasteiger partial charge in [0, 0.05) is 30.2 Å². The minimum atomic E-state index is -0.313. The van der Waals surface area contributed by atoms with Crippen LogP contribution in [0.1, 0.15) is 10.4 Å². The zero-order chi connectivity index (χ0) is 15.5. The minimum Gasteiger partial charge on any atom is -0.619 e. The Morgan fingerprint density at radius 2 is 2.05 bits per heavy atom. The number of nitrogens with zero attached hydrogens (tertiary/aromatic N) is 3. The number of hydrogen-bond acceptors (Lipinski definition) is 3. The van der Waals surface area contributed by atoms with Gasteiger partial charge in [-0.1, -0.05) is 11.6 Å². The van der Waals surface area contributed by atoms with Crippen molar-refractivity contribution < 1.29 is 9.52 Å². The summed E-state index contributed by atoms with van der Waals surface area (Å²) in [4.78, 5) is 16.0. The summed E-state index contributed by atoms with van der Waals surface area (Å²) in [6, 6.07) is 8.09. The first-order valence-electron chi connectivity index (χ1n) is 6.41. The number of carbonyl (C=O) groups is 1. The van der Waals surface area contributed by atoms with Gasteiger partial charge in [0.1, 0.15) is 0 Å². The maximum absolute atomic E-state index is 12.1. The second-order valence-corrected chi connectivity index (χ2v) is 4.94. The Bertz CT molecular complexity index is 801. The molecule has 0 aliphatic rings. The van der Waals surface area contributed by atoms with E-state index in [9.17, 15) is 10.0 Å². The third-order valence-corrected chi connectivity index (χ3v) is 3.36. The van der Waals surface area contributed by atoms with Crippen LogP contribution in [-0.2, 0) is 0 Å². The summed E-state index contributed by atoms with van der Waals surface area (Å²) in [5, 5.41) is 14.2. The normalized spacial score (nSPS) is 10.4. The summed E-state index contributed by atoms with van der Waals surface area (Å²) in [6.07, 6.45) is 7.61. The number of anilines is 1. The smallest absolute Gasteiger partial charge is 0.256 e. The van der Waals surface area contributed by atoms with Gasteiger partial charge in [-0.25, -0.2) is 4.98 Å². The lowest BCUT2D eigenvalue weighted by molar-refractivity contribution is -0.605. The summed E-state index contributed by atoms with van der Waals surface area (Å²) >= 11 is 6.23. The zero-order valence-electron chi connectivity index (χ0n) is 11.3. The summed E-state index contributed by atoms with van der Waals surface area (Å²) in [6.45, 7) is 0. The van der Waals surface area contributed by atoms with E-state index in [1.54, 1.807) is 41.5 Å². The van der Waals surface area contributed by atoms with Crippen molar-refractivity contribution in [3.63, 3.8) is 0 Å². The van der Waals surface area contributed by atoms with E-state index in [0.717, 1.165) is 5.69 Å². The molecule has 0 bridgehead atoms. The number of carbonyl (C=O) groups excluding carboxylic acids is 1. The van der Waals surface area contributed by atoms with Crippen LogP contribution in [0.4, 0.5) is 5.69 Å². The molecule has 110 valence electrons. The average Bonchev–Trinajstić information content (AvgIpc) is 3.02. The van der Waals surface area contributed by atoms with Crippen molar-refractivity contribution >= 4 is 23.2 Å². The number of pyridine rings is 1. The molecule has 0 saturated heterocycles. The van der Waals surface area contributed by atoms with Crippen LogP contribution in [0.15, 0.2) is 61.4 Å². The SMILES string of the molecule is O=C(Nc1ccc(-n2ccnc2)c(Cl)c1)c1cc[n+]([O-])cc1. The highest BCUT2D eigenvalue weighted by Gasteiger charge is 2.09. The summed E-state index contributed by atoms with van der Waals surface area (Å²) in [5.74, 6) is -0.313. The van der Waals surface area contributed by atoms with Gasteiger partial charge >= 0.3 is 0 Å². The molecule has 0 fully saturated rings. The summed E-state index contributed by atoms with van der Waals surface area (Å²) < 4.78 is 2.39. The third-order valence-electron chi connectivity index (χ3n) is 3.05. The second-order valence-electron chi connectivity index (χ2n) is 4.54. The van der Waals surface area contributed by atoms with Crippen molar-refractivity contribution in [1.29, 1.82) is 0 Å². The fourth-order valence-electron chi connectivity index (χ4n) is 1.96. The quantitative estimate of drug-likeness (QED) is 0.596. The molecule has 0 spiro atoms. The number of halogens is 1. The number of benzene rings is 1. The van der Waals surface area contributed by atoms with Crippen LogP contribution in [0.5, 0.6) is 0 Å². The average molecular weight is 315 g/mol. The molecule has 0 unspecified atom stereocenters. The monoisotopic (exact) mass is 314 g/mol. The number of amides is 1. The van der Waals surface area contributed by atoms with Crippen molar-refractivity contribution in [1.82, 2.24) is 9.55 Å². The standard InChI is InChI=1S/C15H11ClN4O2/c16-13-9-12(1-2-14(13)19-8-5-17-10-19)18-15(21)11-3-6-20(22)7-4-11/h1-10H,(H,18,21). The molecule has 0 aliphatic heterocycles. The van der Waals surface area contributed by atoms with Crippen LogP contribution in [-0.4, -0.2) is 15.5 Å². The number of hydrogen-bond donors (Lipinski definition) is 1. The Morgan fingerprint density at radius 1 is 1.27 bits per heavy atom. The van der Waals surface area contributed by atoms with E-state index >= 15 is 0 Å². The molecule has 2 heterocycles. The molecular formula is C15H11ClN4O2. The maximum atomic E-state index is 12.1. The lowest BCUT2D eigenvalue weighted by Gasteiger charge is -2.09. The summed E-state index contributed by atoms with van der Waals surface area (Å²) in [5.41, 5.74) is 1.73. The van der Waals surface area contributed by atoms with Gasteiger partial charge < -0.3 is 15.1 Å². The van der Waals surface area contributed by atoms with Gasteiger partial charge in [-0.15, -0.1) is 0 Å². The molecule has 6 nitrogen and oxygen atoms in total. The van der Waals surface area contributed by atoms with Crippen LogP contribution in [0, 0.1) is 5.21 Å². The molecule has 1 N–H and O–H groups in total. The maximum Gasteiger partial charge on any atom is 0.256 e. The third kappa shape index (κ3) is 2.91. The highest BCUT2D eigenvalue weighted by molar-refractivity contribution is 6.32. The van der Waals surface area contributed by atoms with E-state index in [2.05, 4.69) is 10.3 Å². The van der Waals surface area contributed by atoms with Crippen molar-refractivity contribution in [2.75, 3.05) is 5.32 Å². The zero-order valence-corrected chi connectivity index (χ0v) is 12.1. The topological polar surface area (TPSA) is 73.9 Å². The molecule has 7 heteroatoms. The molecule has 3 aromatic rings. The van der Waals surface area contributed by atoms with Gasteiger partial charge in [-0.3, -0.25) is 4.79 Å². The predicted molar refractivity (Wildman–Crippen MR) is 81.9 cm³/mol. The van der Waals surface area contributed by atoms with Crippen LogP contribution >= 0.6 is 11.6 Å². The van der Waals surface area contributed by atoms with E-state index in [1.807, 2.05) is 0 Å². The van der Waals surface area contributed by atoms with Crippen molar-refractivity contribution in [3.05, 3.63) is 77.2 Å². The number of nitrogens with one attached hydrogen (secondary N) is 1. The molecule has 1 aromatic carbocycles. The van der Waals surface area contributed by atoms with Crippen molar-refractivity contribution in [2.45, 2.75) is 0 Å². The van der Waals surface area contributed by atoms with Gasteiger partial charge in [0.15, 0.2) is 12.4 Å². The first-order valence-corrected chi connectivity index (χ1v) is 6.79. The Morgan fingerprint density at radius 3 is 2.68 bits per heavy atom. The Kier molecular flexibility index (Phi) is 3.76. The molecule has 0 atom stereocenters. The largest absolute Gasteiger partial charge is 0.619 e. The van der Waals surface area contributed by atoms with E-state index in [4.69, 9.17) is 11.6 Å². The molecule has 1 amide bonds. The highest BCUT2D eigenvalue weighted by Crippen LogP contribution is 2.24. The minimum absolute atomic E-state index is 0.313. The van der Waals surface area contributed by atoms with Crippen LogP contribution in [0.2, 0.25) is 5.02 Å². The number of aromatic nitrogens is 3. The Hall–Kier alpha value is -2.86. The fourth-order valence-corrected chi connectivity index (χ4v) is 2.24. The Labute approximate surface area is 131 Å². The van der Waals surface area contributed by atoms with Crippen LogP contribution in [0.25, 0.3) is 5.69 Å². The second kappa shape index (κ2) is 5.87. The highest BCUT2D eigenvalue weighted by atomic mass is 35.5. The van der Waals surface area contributed by atoms with Crippen LogP contribution < -0.4 is 10.0 Å².